The van der Waals surface area contributed by atoms with Crippen molar-refractivity contribution in [3.63, 3.8) is 0 Å². The van der Waals surface area contributed by atoms with E-state index in [2.05, 4.69) is 0 Å². The van der Waals surface area contributed by atoms with Crippen molar-refractivity contribution in [3.8, 4) is 0 Å². The van der Waals surface area contributed by atoms with Crippen LogP contribution in [0, 0.1) is 5.92 Å². The quantitative estimate of drug-likeness (QED) is 0.854. The molecule has 0 spiro atoms. The molecule has 18 heavy (non-hydrogen) atoms. The van der Waals surface area contributed by atoms with E-state index in [0.29, 0.717) is 18.0 Å². The summed E-state index contributed by atoms with van der Waals surface area (Å²) in [7, 11) is 0. The molecule has 2 unspecified atom stereocenters. The minimum Gasteiger partial charge on any atom is -0.393 e. The van der Waals surface area contributed by atoms with Gasteiger partial charge in [-0.2, -0.15) is 0 Å². The van der Waals surface area contributed by atoms with E-state index in [4.69, 9.17) is 11.6 Å². The fraction of sp³-hybridized carbons (Fsp3) is 0.500. The predicted molar refractivity (Wildman–Crippen MR) is 71.7 cm³/mol. The summed E-state index contributed by atoms with van der Waals surface area (Å²) in [6, 6.07) is 7.42. The molecule has 0 aliphatic carbocycles. The van der Waals surface area contributed by atoms with Crippen LogP contribution in [0.4, 0.5) is 0 Å². The zero-order valence-electron chi connectivity index (χ0n) is 10.5. The third kappa shape index (κ3) is 2.85. The van der Waals surface area contributed by atoms with Gasteiger partial charge in [0.1, 0.15) is 0 Å². The van der Waals surface area contributed by atoms with Crippen molar-refractivity contribution in [1.82, 2.24) is 4.90 Å². The van der Waals surface area contributed by atoms with Gasteiger partial charge in [0.15, 0.2) is 0 Å². The normalized spacial score (nSPS) is 21.1. The number of nitrogens with zero attached hydrogens (tertiary/aromatic N) is 1. The van der Waals surface area contributed by atoms with E-state index in [1.54, 1.807) is 6.92 Å². The van der Waals surface area contributed by atoms with E-state index in [9.17, 15) is 9.90 Å². The Morgan fingerprint density at radius 3 is 3.00 bits per heavy atom. The van der Waals surface area contributed by atoms with Gasteiger partial charge in [-0.15, -0.1) is 11.6 Å². The monoisotopic (exact) mass is 267 g/mol. The SMILES string of the molecule is CC(O)C1CCN(C(=O)c2cccc(CCl)c2)C1. The van der Waals surface area contributed by atoms with E-state index in [-0.39, 0.29) is 17.9 Å². The van der Waals surface area contributed by atoms with Crippen molar-refractivity contribution in [2.45, 2.75) is 25.3 Å². The fourth-order valence-corrected chi connectivity index (χ4v) is 2.50. The number of carbonyl (C=O) groups is 1. The van der Waals surface area contributed by atoms with Gasteiger partial charge in [0, 0.05) is 30.5 Å². The van der Waals surface area contributed by atoms with Gasteiger partial charge in [0.2, 0.25) is 0 Å². The van der Waals surface area contributed by atoms with Gasteiger partial charge in [0.25, 0.3) is 5.91 Å². The topological polar surface area (TPSA) is 40.5 Å². The van der Waals surface area contributed by atoms with E-state index < -0.39 is 0 Å². The molecule has 0 bridgehead atoms. The molecule has 1 amide bonds. The van der Waals surface area contributed by atoms with E-state index in [0.717, 1.165) is 18.5 Å². The Labute approximate surface area is 112 Å². The maximum atomic E-state index is 12.3. The van der Waals surface area contributed by atoms with Crippen molar-refractivity contribution < 1.29 is 9.90 Å². The van der Waals surface area contributed by atoms with Crippen LogP contribution in [0.5, 0.6) is 0 Å². The van der Waals surface area contributed by atoms with Gasteiger partial charge < -0.3 is 10.0 Å². The number of halogens is 1. The van der Waals surface area contributed by atoms with E-state index in [1.807, 2.05) is 29.2 Å². The summed E-state index contributed by atoms with van der Waals surface area (Å²) in [5.74, 6) is 0.646. The van der Waals surface area contributed by atoms with E-state index >= 15 is 0 Å². The summed E-state index contributed by atoms with van der Waals surface area (Å²) in [5, 5.41) is 9.55. The van der Waals surface area contributed by atoms with Crippen LogP contribution in [0.3, 0.4) is 0 Å². The Hall–Kier alpha value is -1.06. The average Bonchev–Trinajstić information content (AvgIpc) is 2.87. The first kappa shape index (κ1) is 13.4. The highest BCUT2D eigenvalue weighted by Gasteiger charge is 2.29. The molecule has 1 N–H and O–H groups in total. The lowest BCUT2D eigenvalue weighted by atomic mass is 10.0. The Bertz CT molecular complexity index is 434. The highest BCUT2D eigenvalue weighted by atomic mass is 35.5. The average molecular weight is 268 g/mol. The predicted octanol–water partition coefficient (Wildman–Crippen LogP) is 2.27. The third-order valence-electron chi connectivity index (χ3n) is 3.52. The molecule has 2 atom stereocenters. The largest absolute Gasteiger partial charge is 0.393 e. The van der Waals surface area contributed by atoms with Crippen LogP contribution < -0.4 is 0 Å². The van der Waals surface area contributed by atoms with Gasteiger partial charge in [-0.3, -0.25) is 4.79 Å². The maximum Gasteiger partial charge on any atom is 0.253 e. The minimum atomic E-state index is -0.350. The summed E-state index contributed by atoms with van der Waals surface area (Å²) < 4.78 is 0. The number of alkyl halides is 1. The van der Waals surface area contributed by atoms with Crippen molar-refractivity contribution in [3.05, 3.63) is 35.4 Å². The molecular formula is C14H18ClNO2. The molecule has 98 valence electrons. The van der Waals surface area contributed by atoms with Gasteiger partial charge >= 0.3 is 0 Å². The lowest BCUT2D eigenvalue weighted by Crippen LogP contribution is -2.30. The zero-order valence-corrected chi connectivity index (χ0v) is 11.2. The van der Waals surface area contributed by atoms with Crippen LogP contribution >= 0.6 is 11.6 Å². The standard InChI is InChI=1S/C14H18ClNO2/c1-10(17)13-5-6-16(9-13)14(18)12-4-2-3-11(7-12)8-15/h2-4,7,10,13,17H,5-6,8-9H2,1H3. The van der Waals surface area contributed by atoms with E-state index in [1.165, 1.54) is 0 Å². The minimum absolute atomic E-state index is 0.0325. The number of aliphatic hydroxyl groups excluding tert-OH is 1. The number of hydrogen-bond acceptors (Lipinski definition) is 2. The number of hydrogen-bond donors (Lipinski definition) is 1. The molecule has 1 aliphatic rings. The lowest BCUT2D eigenvalue weighted by molar-refractivity contribution is 0.0762. The van der Waals surface area contributed by atoms with Gasteiger partial charge in [-0.25, -0.2) is 0 Å². The number of aliphatic hydroxyl groups is 1. The molecule has 1 fully saturated rings. The summed E-state index contributed by atoms with van der Waals surface area (Å²) >= 11 is 5.77. The molecule has 0 radical (unpaired) electrons. The van der Waals surface area contributed by atoms with Crippen LogP contribution in [0.25, 0.3) is 0 Å². The van der Waals surface area contributed by atoms with Crippen molar-refractivity contribution in [2.24, 2.45) is 5.92 Å². The first-order valence-electron chi connectivity index (χ1n) is 6.24. The molecule has 0 aromatic heterocycles. The number of rotatable bonds is 3. The second-order valence-electron chi connectivity index (χ2n) is 4.87. The van der Waals surface area contributed by atoms with Crippen LogP contribution in [0.15, 0.2) is 24.3 Å². The smallest absolute Gasteiger partial charge is 0.253 e. The number of amides is 1. The first-order chi connectivity index (χ1) is 8.61. The molecule has 4 heteroatoms. The van der Waals surface area contributed by atoms with Crippen LogP contribution in [-0.2, 0) is 5.88 Å². The Morgan fingerprint density at radius 1 is 1.61 bits per heavy atom. The Balaban J connectivity index is 2.08. The molecular weight excluding hydrogens is 250 g/mol. The maximum absolute atomic E-state index is 12.3. The number of carbonyl (C=O) groups excluding carboxylic acids is 1. The molecule has 1 aliphatic heterocycles. The van der Waals surface area contributed by atoms with Gasteiger partial charge in [0.05, 0.1) is 6.10 Å². The van der Waals surface area contributed by atoms with Crippen molar-refractivity contribution in [2.75, 3.05) is 13.1 Å². The third-order valence-corrected chi connectivity index (χ3v) is 3.83. The highest BCUT2D eigenvalue weighted by Crippen LogP contribution is 2.22. The fourth-order valence-electron chi connectivity index (χ4n) is 2.34. The van der Waals surface area contributed by atoms with Gasteiger partial charge in [-0.1, -0.05) is 12.1 Å². The molecule has 1 saturated heterocycles. The van der Waals surface area contributed by atoms with Crippen molar-refractivity contribution >= 4 is 17.5 Å². The number of likely N-dealkylation sites (tertiary alicyclic amines) is 1. The highest BCUT2D eigenvalue weighted by molar-refractivity contribution is 6.17. The second kappa shape index (κ2) is 5.72. The van der Waals surface area contributed by atoms with Crippen LogP contribution in [-0.4, -0.2) is 35.1 Å². The number of benzene rings is 1. The van der Waals surface area contributed by atoms with Crippen LogP contribution in [0.2, 0.25) is 0 Å². The summed E-state index contributed by atoms with van der Waals surface area (Å²) in [5.41, 5.74) is 1.63. The first-order valence-corrected chi connectivity index (χ1v) is 6.77. The van der Waals surface area contributed by atoms with Crippen molar-refractivity contribution in [1.29, 1.82) is 0 Å². The Kier molecular flexibility index (Phi) is 4.25. The molecule has 2 rings (SSSR count). The zero-order chi connectivity index (χ0) is 13.1. The molecule has 3 nitrogen and oxygen atoms in total. The van der Waals surface area contributed by atoms with Crippen LogP contribution in [0.1, 0.15) is 29.3 Å². The molecule has 0 saturated carbocycles. The summed E-state index contributed by atoms with van der Waals surface area (Å²) in [4.78, 5) is 14.1. The lowest BCUT2D eigenvalue weighted by Gasteiger charge is -2.18. The molecule has 1 heterocycles. The second-order valence-corrected chi connectivity index (χ2v) is 5.14. The molecule has 1 aromatic rings. The summed E-state index contributed by atoms with van der Waals surface area (Å²) in [6.45, 7) is 3.15. The Morgan fingerprint density at radius 2 is 2.39 bits per heavy atom. The molecule has 1 aromatic carbocycles. The summed E-state index contributed by atoms with van der Waals surface area (Å²) in [6.07, 6.45) is 0.524. The van der Waals surface area contributed by atoms with Gasteiger partial charge in [-0.05, 0) is 31.0 Å².